The smallest absolute Gasteiger partial charge is 0.240 e. The average molecular weight is 231 g/mol. The third-order valence-corrected chi connectivity index (χ3v) is 2.27. The first-order valence-corrected chi connectivity index (χ1v) is 4.84. The first-order chi connectivity index (χ1) is 7.58. The maximum Gasteiger partial charge on any atom is 0.240 e. The van der Waals surface area contributed by atoms with Crippen LogP contribution in [-0.4, -0.2) is 20.6 Å². The van der Waals surface area contributed by atoms with Gasteiger partial charge in [-0.3, -0.25) is 0 Å². The van der Waals surface area contributed by atoms with E-state index in [0.717, 1.165) is 0 Å². The molecule has 2 N–H and O–H groups in total. The molecule has 0 fully saturated rings. The molecule has 1 aromatic carbocycles. The van der Waals surface area contributed by atoms with E-state index in [1.807, 2.05) is 0 Å². The Bertz CT molecular complexity index is 345. The van der Waals surface area contributed by atoms with Gasteiger partial charge < -0.3 is 15.2 Å². The fraction of sp³-hybridized carbons (Fsp3) is 0.455. The molecular formula is C11H15F2NO2. The van der Waals surface area contributed by atoms with Crippen LogP contribution in [0.1, 0.15) is 18.0 Å². The number of methoxy groups -OCH3 is 2. The fourth-order valence-electron chi connectivity index (χ4n) is 1.41. The number of nitrogens with two attached hydrogens (primary N) is 1. The topological polar surface area (TPSA) is 44.5 Å². The number of ether oxygens (including phenoxy) is 2. The Morgan fingerprint density at radius 2 is 1.81 bits per heavy atom. The summed E-state index contributed by atoms with van der Waals surface area (Å²) in [5, 5.41) is 0. The van der Waals surface area contributed by atoms with Crippen molar-refractivity contribution in [1.29, 1.82) is 0 Å². The van der Waals surface area contributed by atoms with Crippen LogP contribution in [-0.2, 0) is 0 Å². The van der Waals surface area contributed by atoms with E-state index in [2.05, 4.69) is 0 Å². The van der Waals surface area contributed by atoms with E-state index in [-0.39, 0.29) is 6.42 Å². The molecule has 0 amide bonds. The maximum absolute atomic E-state index is 12.2. The predicted octanol–water partition coefficient (Wildman–Crippen LogP) is 2.36. The van der Waals surface area contributed by atoms with E-state index < -0.39 is 12.5 Å². The summed E-state index contributed by atoms with van der Waals surface area (Å²) in [6, 6.07) is 4.24. The molecule has 0 spiro atoms. The van der Waals surface area contributed by atoms with Gasteiger partial charge in [-0.05, 0) is 17.7 Å². The van der Waals surface area contributed by atoms with Gasteiger partial charge in [-0.25, -0.2) is 8.78 Å². The van der Waals surface area contributed by atoms with Gasteiger partial charge in [0, 0.05) is 12.5 Å². The minimum Gasteiger partial charge on any atom is -0.493 e. The molecule has 90 valence electrons. The fourth-order valence-corrected chi connectivity index (χ4v) is 1.41. The first kappa shape index (κ1) is 12.7. The molecule has 1 atom stereocenters. The molecule has 1 aromatic rings. The van der Waals surface area contributed by atoms with Crippen molar-refractivity contribution in [3.63, 3.8) is 0 Å². The van der Waals surface area contributed by atoms with E-state index in [9.17, 15) is 8.78 Å². The molecule has 0 unspecified atom stereocenters. The van der Waals surface area contributed by atoms with Gasteiger partial charge in [0.05, 0.1) is 14.2 Å². The van der Waals surface area contributed by atoms with Crippen molar-refractivity contribution in [2.24, 2.45) is 5.73 Å². The van der Waals surface area contributed by atoms with Crippen LogP contribution < -0.4 is 15.2 Å². The summed E-state index contributed by atoms with van der Waals surface area (Å²) in [6.45, 7) is 0. The third-order valence-electron chi connectivity index (χ3n) is 2.27. The zero-order valence-corrected chi connectivity index (χ0v) is 9.24. The second-order valence-electron chi connectivity index (χ2n) is 3.35. The van der Waals surface area contributed by atoms with Gasteiger partial charge in [-0.1, -0.05) is 6.07 Å². The molecule has 0 aliphatic carbocycles. The lowest BCUT2D eigenvalue weighted by atomic mass is 10.0. The molecule has 0 heterocycles. The van der Waals surface area contributed by atoms with Crippen LogP contribution >= 0.6 is 0 Å². The predicted molar refractivity (Wildman–Crippen MR) is 57.1 cm³/mol. The Morgan fingerprint density at radius 3 is 2.31 bits per heavy atom. The highest BCUT2D eigenvalue weighted by atomic mass is 19.3. The standard InChI is InChI=1S/C11H15F2NO2/c1-15-9-4-3-7(5-10(9)16-2)8(14)6-11(12)13/h3-5,8,11H,6,14H2,1-2H3/t8-/m1/s1. The minimum absolute atomic E-state index is 0.366. The van der Waals surface area contributed by atoms with Crippen molar-refractivity contribution in [2.75, 3.05) is 14.2 Å². The van der Waals surface area contributed by atoms with Gasteiger partial charge in [-0.2, -0.15) is 0 Å². The normalized spacial score (nSPS) is 12.6. The number of rotatable bonds is 5. The Morgan fingerprint density at radius 1 is 1.19 bits per heavy atom. The highest BCUT2D eigenvalue weighted by Crippen LogP contribution is 2.30. The summed E-state index contributed by atoms with van der Waals surface area (Å²) in [5.41, 5.74) is 6.24. The molecule has 1 rings (SSSR count). The number of alkyl halides is 2. The summed E-state index contributed by atoms with van der Waals surface area (Å²) >= 11 is 0. The summed E-state index contributed by atoms with van der Waals surface area (Å²) in [6.07, 6.45) is -2.78. The summed E-state index contributed by atoms with van der Waals surface area (Å²) in [4.78, 5) is 0. The van der Waals surface area contributed by atoms with Crippen LogP contribution in [0.3, 0.4) is 0 Å². The Balaban J connectivity index is 2.89. The third kappa shape index (κ3) is 3.06. The van der Waals surface area contributed by atoms with Gasteiger partial charge in [-0.15, -0.1) is 0 Å². The quantitative estimate of drug-likeness (QED) is 0.846. The molecule has 0 bridgehead atoms. The maximum atomic E-state index is 12.2. The Labute approximate surface area is 93.2 Å². The molecule has 5 heteroatoms. The lowest BCUT2D eigenvalue weighted by Gasteiger charge is -2.14. The number of hydrogen-bond acceptors (Lipinski definition) is 3. The van der Waals surface area contributed by atoms with Gasteiger partial charge in [0.15, 0.2) is 11.5 Å². The average Bonchev–Trinajstić information content (AvgIpc) is 2.27. The van der Waals surface area contributed by atoms with Crippen molar-refractivity contribution < 1.29 is 18.3 Å². The van der Waals surface area contributed by atoms with Gasteiger partial charge in [0.1, 0.15) is 0 Å². The van der Waals surface area contributed by atoms with Crippen molar-refractivity contribution in [2.45, 2.75) is 18.9 Å². The SMILES string of the molecule is COc1ccc([C@H](N)CC(F)F)cc1OC. The number of halogens is 2. The van der Waals surface area contributed by atoms with Crippen molar-refractivity contribution in [3.05, 3.63) is 23.8 Å². The van der Waals surface area contributed by atoms with E-state index in [1.165, 1.54) is 14.2 Å². The van der Waals surface area contributed by atoms with Gasteiger partial charge in [0.2, 0.25) is 6.43 Å². The van der Waals surface area contributed by atoms with Crippen molar-refractivity contribution >= 4 is 0 Å². The minimum atomic E-state index is -2.41. The van der Waals surface area contributed by atoms with Crippen LogP contribution in [0.5, 0.6) is 11.5 Å². The van der Waals surface area contributed by atoms with Crippen molar-refractivity contribution in [3.8, 4) is 11.5 Å². The first-order valence-electron chi connectivity index (χ1n) is 4.84. The Kier molecular flexibility index (Phi) is 4.49. The molecule has 0 radical (unpaired) electrons. The second kappa shape index (κ2) is 5.65. The number of benzene rings is 1. The molecule has 16 heavy (non-hydrogen) atoms. The van der Waals surface area contributed by atoms with Crippen molar-refractivity contribution in [1.82, 2.24) is 0 Å². The highest BCUT2D eigenvalue weighted by Gasteiger charge is 2.14. The summed E-state index contributed by atoms with van der Waals surface area (Å²) in [7, 11) is 3.00. The lowest BCUT2D eigenvalue weighted by molar-refractivity contribution is 0.128. The summed E-state index contributed by atoms with van der Waals surface area (Å²) < 4.78 is 34.4. The lowest BCUT2D eigenvalue weighted by Crippen LogP contribution is -2.14. The van der Waals surface area contributed by atoms with E-state index in [0.29, 0.717) is 17.1 Å². The molecule has 0 saturated carbocycles. The zero-order chi connectivity index (χ0) is 12.1. The van der Waals surface area contributed by atoms with Crippen LogP contribution in [0.4, 0.5) is 8.78 Å². The molecule has 0 aliphatic heterocycles. The number of hydrogen-bond donors (Lipinski definition) is 1. The molecular weight excluding hydrogens is 216 g/mol. The Hall–Kier alpha value is -1.36. The molecule has 0 aliphatic rings. The molecule has 0 saturated heterocycles. The summed E-state index contributed by atoms with van der Waals surface area (Å²) in [5.74, 6) is 1.04. The second-order valence-corrected chi connectivity index (χ2v) is 3.35. The van der Waals surface area contributed by atoms with Crippen LogP contribution in [0.15, 0.2) is 18.2 Å². The van der Waals surface area contributed by atoms with Gasteiger partial charge in [0.25, 0.3) is 0 Å². The van der Waals surface area contributed by atoms with Crippen LogP contribution in [0.2, 0.25) is 0 Å². The van der Waals surface area contributed by atoms with Crippen LogP contribution in [0.25, 0.3) is 0 Å². The monoisotopic (exact) mass is 231 g/mol. The molecule has 3 nitrogen and oxygen atoms in total. The van der Waals surface area contributed by atoms with E-state index in [1.54, 1.807) is 18.2 Å². The highest BCUT2D eigenvalue weighted by molar-refractivity contribution is 5.43. The zero-order valence-electron chi connectivity index (χ0n) is 9.24. The van der Waals surface area contributed by atoms with Crippen LogP contribution in [0, 0.1) is 0 Å². The molecule has 0 aromatic heterocycles. The van der Waals surface area contributed by atoms with E-state index in [4.69, 9.17) is 15.2 Å². The van der Waals surface area contributed by atoms with E-state index >= 15 is 0 Å². The largest absolute Gasteiger partial charge is 0.493 e. The van der Waals surface area contributed by atoms with Gasteiger partial charge >= 0.3 is 0 Å².